The molecular formula is C16H16Cl2N2O. The summed E-state index contributed by atoms with van der Waals surface area (Å²) in [6, 6.07) is 11.0. The zero-order valence-corrected chi connectivity index (χ0v) is 13.3. The van der Waals surface area contributed by atoms with Crippen LogP contribution in [0.2, 0.25) is 10.0 Å². The van der Waals surface area contributed by atoms with E-state index in [1.165, 1.54) is 0 Å². The zero-order chi connectivity index (χ0) is 15.4. The van der Waals surface area contributed by atoms with Crippen LogP contribution in [0.3, 0.4) is 0 Å². The molecule has 5 heteroatoms. The van der Waals surface area contributed by atoms with E-state index in [4.69, 9.17) is 23.2 Å². The molecule has 0 spiro atoms. The summed E-state index contributed by atoms with van der Waals surface area (Å²) < 4.78 is 0. The smallest absolute Gasteiger partial charge is 0.243 e. The second-order valence-electron chi connectivity index (χ2n) is 4.85. The summed E-state index contributed by atoms with van der Waals surface area (Å²) in [7, 11) is 0. The minimum Gasteiger partial charge on any atom is -0.376 e. The third-order valence-electron chi connectivity index (χ3n) is 2.97. The highest BCUT2D eigenvalue weighted by Crippen LogP contribution is 2.27. The van der Waals surface area contributed by atoms with E-state index < -0.39 is 0 Å². The Labute approximate surface area is 134 Å². The Morgan fingerprint density at radius 2 is 1.90 bits per heavy atom. The van der Waals surface area contributed by atoms with Gasteiger partial charge in [-0.1, -0.05) is 35.3 Å². The molecule has 0 radical (unpaired) electrons. The minimum atomic E-state index is -0.163. The number of halogens is 2. The Morgan fingerprint density at radius 3 is 2.57 bits per heavy atom. The van der Waals surface area contributed by atoms with Crippen molar-refractivity contribution in [3.8, 4) is 0 Å². The van der Waals surface area contributed by atoms with E-state index in [2.05, 4.69) is 10.6 Å². The van der Waals surface area contributed by atoms with Crippen molar-refractivity contribution < 1.29 is 4.79 Å². The van der Waals surface area contributed by atoms with Crippen molar-refractivity contribution in [2.24, 2.45) is 0 Å². The predicted octanol–water partition coefficient (Wildman–Crippen LogP) is 4.66. The van der Waals surface area contributed by atoms with Crippen molar-refractivity contribution in [1.82, 2.24) is 0 Å². The van der Waals surface area contributed by atoms with Gasteiger partial charge in [0, 0.05) is 10.7 Å². The fourth-order valence-corrected chi connectivity index (χ4v) is 2.60. The van der Waals surface area contributed by atoms with Crippen molar-refractivity contribution in [2.75, 3.05) is 17.2 Å². The molecule has 0 fully saturated rings. The fourth-order valence-electron chi connectivity index (χ4n) is 2.04. The minimum absolute atomic E-state index is 0.143. The number of amides is 1. The molecule has 0 aliphatic rings. The van der Waals surface area contributed by atoms with Crippen molar-refractivity contribution in [2.45, 2.75) is 13.8 Å². The second-order valence-corrected chi connectivity index (χ2v) is 5.69. The predicted molar refractivity (Wildman–Crippen MR) is 89.5 cm³/mol. The van der Waals surface area contributed by atoms with Gasteiger partial charge in [0.2, 0.25) is 5.91 Å². The van der Waals surface area contributed by atoms with Crippen LogP contribution >= 0.6 is 23.2 Å². The van der Waals surface area contributed by atoms with E-state index in [0.717, 1.165) is 16.8 Å². The van der Waals surface area contributed by atoms with Gasteiger partial charge in [0.05, 0.1) is 17.3 Å². The number of nitrogens with one attached hydrogen (secondary N) is 2. The van der Waals surface area contributed by atoms with E-state index in [1.54, 1.807) is 12.1 Å². The summed E-state index contributed by atoms with van der Waals surface area (Å²) in [5.41, 5.74) is 3.45. The molecule has 2 rings (SSSR count). The molecule has 0 aromatic heterocycles. The highest BCUT2D eigenvalue weighted by molar-refractivity contribution is 6.34. The third kappa shape index (κ3) is 4.38. The first-order chi connectivity index (χ1) is 9.95. The molecule has 3 nitrogen and oxygen atoms in total. The van der Waals surface area contributed by atoms with Crippen LogP contribution in [-0.2, 0) is 4.79 Å². The Balaban J connectivity index is 1.99. The Kier molecular flexibility index (Phi) is 5.10. The topological polar surface area (TPSA) is 41.1 Å². The van der Waals surface area contributed by atoms with Crippen LogP contribution in [0.4, 0.5) is 11.4 Å². The highest BCUT2D eigenvalue weighted by Gasteiger charge is 2.09. The third-order valence-corrected chi connectivity index (χ3v) is 3.51. The van der Waals surface area contributed by atoms with Gasteiger partial charge in [-0.3, -0.25) is 4.79 Å². The number of benzene rings is 2. The quantitative estimate of drug-likeness (QED) is 0.859. The van der Waals surface area contributed by atoms with Crippen LogP contribution in [0.25, 0.3) is 0 Å². The largest absolute Gasteiger partial charge is 0.376 e. The van der Waals surface area contributed by atoms with Crippen molar-refractivity contribution in [1.29, 1.82) is 0 Å². The zero-order valence-electron chi connectivity index (χ0n) is 11.8. The van der Waals surface area contributed by atoms with E-state index in [-0.39, 0.29) is 12.5 Å². The Bertz CT molecular complexity index is 648. The lowest BCUT2D eigenvalue weighted by molar-refractivity contribution is -0.114. The van der Waals surface area contributed by atoms with E-state index in [0.29, 0.717) is 15.7 Å². The summed E-state index contributed by atoms with van der Waals surface area (Å²) in [4.78, 5) is 12.0. The number of carbonyl (C=O) groups is 1. The molecule has 0 heterocycles. The van der Waals surface area contributed by atoms with Crippen LogP contribution in [0.5, 0.6) is 0 Å². The van der Waals surface area contributed by atoms with Crippen molar-refractivity contribution >= 4 is 40.5 Å². The maximum absolute atomic E-state index is 12.0. The number of rotatable bonds is 4. The van der Waals surface area contributed by atoms with Gasteiger partial charge in [0.15, 0.2) is 0 Å². The number of anilines is 2. The van der Waals surface area contributed by atoms with Gasteiger partial charge in [-0.2, -0.15) is 0 Å². The maximum Gasteiger partial charge on any atom is 0.243 e. The normalized spacial score (nSPS) is 10.3. The lowest BCUT2D eigenvalue weighted by Gasteiger charge is -2.12. The maximum atomic E-state index is 12.0. The molecule has 110 valence electrons. The second kappa shape index (κ2) is 6.83. The van der Waals surface area contributed by atoms with Crippen LogP contribution < -0.4 is 10.6 Å². The van der Waals surface area contributed by atoms with Crippen LogP contribution in [-0.4, -0.2) is 12.5 Å². The number of hydrogen-bond acceptors (Lipinski definition) is 2. The molecule has 21 heavy (non-hydrogen) atoms. The number of aryl methyl sites for hydroxylation is 2. The average molecular weight is 323 g/mol. The number of carbonyl (C=O) groups excluding carboxylic acids is 1. The van der Waals surface area contributed by atoms with Crippen LogP contribution in [0.1, 0.15) is 11.1 Å². The van der Waals surface area contributed by atoms with Gasteiger partial charge in [-0.15, -0.1) is 0 Å². The van der Waals surface area contributed by atoms with Gasteiger partial charge >= 0.3 is 0 Å². The molecule has 2 aromatic rings. The first-order valence-corrected chi connectivity index (χ1v) is 7.27. The molecule has 0 aliphatic heterocycles. The molecule has 0 bridgehead atoms. The van der Waals surface area contributed by atoms with Gasteiger partial charge in [0.1, 0.15) is 0 Å². The van der Waals surface area contributed by atoms with Crippen molar-refractivity contribution in [3.05, 3.63) is 57.6 Å². The summed E-state index contributed by atoms with van der Waals surface area (Å²) in [6.45, 7) is 4.02. The highest BCUT2D eigenvalue weighted by atomic mass is 35.5. The van der Waals surface area contributed by atoms with Gasteiger partial charge in [-0.05, 0) is 49.2 Å². The number of hydrogen-bond donors (Lipinski definition) is 2. The van der Waals surface area contributed by atoms with Crippen LogP contribution in [0.15, 0.2) is 36.4 Å². The lowest BCUT2D eigenvalue weighted by Crippen LogP contribution is -2.22. The first kappa shape index (κ1) is 15.7. The lowest BCUT2D eigenvalue weighted by atomic mass is 10.1. The van der Waals surface area contributed by atoms with E-state index in [9.17, 15) is 4.79 Å². The standard InChI is InChI=1S/C16H16Cl2N2O/c1-10-6-11(2)16(14(18)7-10)20-15(21)9-19-13-5-3-4-12(17)8-13/h3-8,19H,9H2,1-2H3,(H,20,21). The van der Waals surface area contributed by atoms with Gasteiger partial charge in [-0.25, -0.2) is 0 Å². The molecule has 1 amide bonds. The van der Waals surface area contributed by atoms with E-state index >= 15 is 0 Å². The molecule has 2 N–H and O–H groups in total. The first-order valence-electron chi connectivity index (χ1n) is 6.52. The molecular weight excluding hydrogens is 307 g/mol. The molecule has 0 atom stereocenters. The molecule has 0 aliphatic carbocycles. The summed E-state index contributed by atoms with van der Waals surface area (Å²) in [5.74, 6) is -0.163. The van der Waals surface area contributed by atoms with E-state index in [1.807, 2.05) is 38.1 Å². The molecule has 0 saturated carbocycles. The summed E-state index contributed by atoms with van der Waals surface area (Å²) in [5, 5.41) is 7.01. The molecule has 0 unspecified atom stereocenters. The van der Waals surface area contributed by atoms with Gasteiger partial charge in [0.25, 0.3) is 0 Å². The fraction of sp³-hybridized carbons (Fsp3) is 0.188. The van der Waals surface area contributed by atoms with Gasteiger partial charge < -0.3 is 10.6 Å². The van der Waals surface area contributed by atoms with Crippen LogP contribution in [0, 0.1) is 13.8 Å². The SMILES string of the molecule is Cc1cc(C)c(NC(=O)CNc2cccc(Cl)c2)c(Cl)c1. The van der Waals surface area contributed by atoms with Crippen molar-refractivity contribution in [3.63, 3.8) is 0 Å². The Hall–Kier alpha value is -1.71. The average Bonchev–Trinajstić information content (AvgIpc) is 2.40. The Morgan fingerprint density at radius 1 is 1.14 bits per heavy atom. The molecule has 2 aromatic carbocycles. The summed E-state index contributed by atoms with van der Waals surface area (Å²) in [6.07, 6.45) is 0. The molecule has 0 saturated heterocycles. The monoisotopic (exact) mass is 322 g/mol. The summed E-state index contributed by atoms with van der Waals surface area (Å²) >= 11 is 12.1.